The van der Waals surface area contributed by atoms with Gasteiger partial charge in [0.15, 0.2) is 5.60 Å². The van der Waals surface area contributed by atoms with Crippen LogP contribution < -0.4 is 0 Å². The summed E-state index contributed by atoms with van der Waals surface area (Å²) in [7, 11) is 0. The molecular weight excluding hydrogens is 423 g/mol. The molecule has 0 amide bonds. The van der Waals surface area contributed by atoms with Crippen LogP contribution in [0.4, 0.5) is 30.7 Å². The highest BCUT2D eigenvalue weighted by atomic mass is 19.4. The number of pyridine rings is 1. The summed E-state index contributed by atoms with van der Waals surface area (Å²) < 4.78 is 94.1. The normalized spacial score (nSPS) is 15.2. The van der Waals surface area contributed by atoms with Gasteiger partial charge in [-0.25, -0.2) is 22.2 Å². The Bertz CT molecular complexity index is 995. The molecule has 30 heavy (non-hydrogen) atoms. The number of hydrogen-bond acceptors (Lipinski definition) is 5. The van der Waals surface area contributed by atoms with Gasteiger partial charge in [0.05, 0.1) is 12.1 Å². The standard InChI is InChI=1S/C17H12F7N5O/c18-10-2-3-11(12(19)5-10)17(30,15(20)21)14(29-8-26-27-28-29)13-4-1-9(7-25-13)6-16(22,23)24/h1-5,7-8,14-15,30H,6H2. The highest BCUT2D eigenvalue weighted by molar-refractivity contribution is 5.32. The van der Waals surface area contributed by atoms with Crippen molar-refractivity contribution in [3.63, 3.8) is 0 Å². The Morgan fingerprint density at radius 1 is 1.07 bits per heavy atom. The fraction of sp³-hybridized carbons (Fsp3) is 0.294. The number of alkyl halides is 5. The molecule has 0 aliphatic rings. The maximum atomic E-state index is 14.3. The number of rotatable bonds is 6. The Morgan fingerprint density at radius 2 is 1.80 bits per heavy atom. The molecular formula is C17H12F7N5O. The van der Waals surface area contributed by atoms with Gasteiger partial charge in [0.25, 0.3) is 6.43 Å². The summed E-state index contributed by atoms with van der Waals surface area (Å²) in [5.41, 5.74) is -4.96. The fourth-order valence-electron chi connectivity index (χ4n) is 2.98. The van der Waals surface area contributed by atoms with Crippen molar-refractivity contribution in [3.8, 4) is 0 Å². The van der Waals surface area contributed by atoms with E-state index in [1.165, 1.54) is 0 Å². The molecule has 2 heterocycles. The van der Waals surface area contributed by atoms with Gasteiger partial charge in [0.2, 0.25) is 0 Å². The Labute approximate surface area is 164 Å². The van der Waals surface area contributed by atoms with E-state index in [4.69, 9.17) is 0 Å². The molecule has 13 heteroatoms. The quantitative estimate of drug-likeness (QED) is 0.602. The zero-order valence-corrected chi connectivity index (χ0v) is 14.7. The molecule has 0 saturated carbocycles. The SMILES string of the molecule is OC(c1ccc(F)cc1F)(C(F)F)C(c1ccc(CC(F)(F)F)cn1)n1cnnn1. The van der Waals surface area contributed by atoms with Gasteiger partial charge in [0, 0.05) is 17.8 Å². The topological polar surface area (TPSA) is 76.7 Å². The van der Waals surface area contributed by atoms with E-state index in [-0.39, 0.29) is 11.3 Å². The van der Waals surface area contributed by atoms with Gasteiger partial charge in [0.1, 0.15) is 24.0 Å². The molecule has 160 valence electrons. The lowest BCUT2D eigenvalue weighted by Gasteiger charge is -2.35. The van der Waals surface area contributed by atoms with Crippen LogP contribution in [0, 0.1) is 11.6 Å². The van der Waals surface area contributed by atoms with Crippen LogP contribution in [0.2, 0.25) is 0 Å². The molecule has 0 aliphatic heterocycles. The molecule has 2 unspecified atom stereocenters. The van der Waals surface area contributed by atoms with Gasteiger partial charge < -0.3 is 5.11 Å². The average molecular weight is 435 g/mol. The number of tetrazole rings is 1. The van der Waals surface area contributed by atoms with Crippen LogP contribution in [0.1, 0.15) is 22.9 Å². The van der Waals surface area contributed by atoms with Crippen molar-refractivity contribution in [2.75, 3.05) is 0 Å². The fourth-order valence-corrected chi connectivity index (χ4v) is 2.98. The molecule has 2 atom stereocenters. The Balaban J connectivity index is 2.15. The van der Waals surface area contributed by atoms with Crippen LogP contribution >= 0.6 is 0 Å². The summed E-state index contributed by atoms with van der Waals surface area (Å²) in [6, 6.07) is 1.59. The van der Waals surface area contributed by atoms with Gasteiger partial charge in [-0.1, -0.05) is 6.07 Å². The van der Waals surface area contributed by atoms with Gasteiger partial charge in [-0.2, -0.15) is 13.2 Å². The van der Waals surface area contributed by atoms with E-state index in [0.29, 0.717) is 22.9 Å². The molecule has 0 bridgehead atoms. The highest BCUT2D eigenvalue weighted by Gasteiger charge is 2.52. The maximum absolute atomic E-state index is 14.3. The lowest BCUT2D eigenvalue weighted by Crippen LogP contribution is -2.45. The first-order chi connectivity index (χ1) is 14.0. The summed E-state index contributed by atoms with van der Waals surface area (Å²) in [6.45, 7) is 0. The molecule has 0 spiro atoms. The molecule has 2 aromatic heterocycles. The van der Waals surface area contributed by atoms with Crippen molar-refractivity contribution in [3.05, 3.63) is 71.3 Å². The number of halogens is 7. The van der Waals surface area contributed by atoms with Gasteiger partial charge in [-0.05, 0) is 34.2 Å². The second kappa shape index (κ2) is 7.97. The summed E-state index contributed by atoms with van der Waals surface area (Å²) in [5, 5.41) is 20.9. The Hall–Kier alpha value is -3.09. The van der Waals surface area contributed by atoms with E-state index >= 15 is 0 Å². The number of aromatic nitrogens is 5. The lowest BCUT2D eigenvalue weighted by atomic mass is 9.84. The van der Waals surface area contributed by atoms with Crippen LogP contribution in [-0.2, 0) is 12.0 Å². The molecule has 1 N–H and O–H groups in total. The van der Waals surface area contributed by atoms with E-state index in [2.05, 4.69) is 20.5 Å². The summed E-state index contributed by atoms with van der Waals surface area (Å²) in [4.78, 5) is 3.73. The van der Waals surface area contributed by atoms with Crippen LogP contribution in [0.3, 0.4) is 0 Å². The van der Waals surface area contributed by atoms with E-state index in [1.807, 2.05) is 0 Å². The second-order valence-electron chi connectivity index (χ2n) is 6.33. The van der Waals surface area contributed by atoms with Crippen molar-refractivity contribution < 1.29 is 35.8 Å². The van der Waals surface area contributed by atoms with Crippen LogP contribution in [-0.4, -0.2) is 42.9 Å². The third kappa shape index (κ3) is 4.25. The zero-order valence-electron chi connectivity index (χ0n) is 14.7. The molecule has 0 fully saturated rings. The smallest absolute Gasteiger partial charge is 0.377 e. The van der Waals surface area contributed by atoms with Crippen LogP contribution in [0.25, 0.3) is 0 Å². The number of benzene rings is 1. The largest absolute Gasteiger partial charge is 0.393 e. The Morgan fingerprint density at radius 3 is 2.30 bits per heavy atom. The minimum absolute atomic E-state index is 0.268. The predicted molar refractivity (Wildman–Crippen MR) is 86.2 cm³/mol. The lowest BCUT2D eigenvalue weighted by molar-refractivity contribution is -0.131. The third-order valence-electron chi connectivity index (χ3n) is 4.27. The first-order valence-corrected chi connectivity index (χ1v) is 8.22. The molecule has 3 aromatic rings. The van der Waals surface area contributed by atoms with E-state index in [9.17, 15) is 35.8 Å². The summed E-state index contributed by atoms with van der Waals surface area (Å²) in [5.74, 6) is -2.54. The summed E-state index contributed by atoms with van der Waals surface area (Å²) >= 11 is 0. The Kier molecular flexibility index (Phi) is 5.74. The van der Waals surface area contributed by atoms with Crippen molar-refractivity contribution in [2.45, 2.75) is 30.7 Å². The van der Waals surface area contributed by atoms with E-state index < -0.39 is 47.9 Å². The molecule has 0 aliphatic carbocycles. The van der Waals surface area contributed by atoms with Gasteiger partial charge in [-0.15, -0.1) is 5.10 Å². The molecule has 3 rings (SSSR count). The minimum Gasteiger partial charge on any atom is -0.377 e. The van der Waals surface area contributed by atoms with E-state index in [0.717, 1.165) is 24.7 Å². The minimum atomic E-state index is -4.53. The average Bonchev–Trinajstić information content (AvgIpc) is 3.15. The van der Waals surface area contributed by atoms with Gasteiger partial charge in [-0.3, -0.25) is 4.98 Å². The molecule has 0 saturated heterocycles. The first-order valence-electron chi connectivity index (χ1n) is 8.22. The van der Waals surface area contributed by atoms with Crippen LogP contribution in [0.5, 0.6) is 0 Å². The number of nitrogens with zero attached hydrogens (tertiary/aromatic N) is 5. The number of aliphatic hydroxyl groups is 1. The van der Waals surface area contributed by atoms with Crippen molar-refractivity contribution >= 4 is 0 Å². The van der Waals surface area contributed by atoms with Crippen molar-refractivity contribution in [1.82, 2.24) is 25.2 Å². The third-order valence-corrected chi connectivity index (χ3v) is 4.27. The zero-order chi connectivity index (χ0) is 22.1. The molecule has 0 radical (unpaired) electrons. The van der Waals surface area contributed by atoms with Gasteiger partial charge >= 0.3 is 6.18 Å². The maximum Gasteiger partial charge on any atom is 0.393 e. The van der Waals surface area contributed by atoms with Crippen LogP contribution in [0.15, 0.2) is 42.9 Å². The highest BCUT2D eigenvalue weighted by Crippen LogP contribution is 2.43. The molecule has 1 aromatic carbocycles. The van der Waals surface area contributed by atoms with Crippen molar-refractivity contribution in [1.29, 1.82) is 0 Å². The first kappa shape index (κ1) is 21.6. The van der Waals surface area contributed by atoms with E-state index in [1.54, 1.807) is 0 Å². The molecule has 6 nitrogen and oxygen atoms in total. The second-order valence-corrected chi connectivity index (χ2v) is 6.33. The predicted octanol–water partition coefficient (Wildman–Crippen LogP) is 3.19. The summed E-state index contributed by atoms with van der Waals surface area (Å²) in [6.07, 6.45) is -7.87. The monoisotopic (exact) mass is 435 g/mol. The number of hydrogen-bond donors (Lipinski definition) is 1. The van der Waals surface area contributed by atoms with Crippen molar-refractivity contribution in [2.24, 2.45) is 0 Å².